The molecular weight excluding hydrogens is 164 g/mol. The zero-order chi connectivity index (χ0) is 10.3. The van der Waals surface area contributed by atoms with Crippen molar-refractivity contribution >= 4 is 5.97 Å². The van der Waals surface area contributed by atoms with Gasteiger partial charge >= 0.3 is 5.97 Å². The molecule has 2 heteroatoms. The second-order valence-electron chi connectivity index (χ2n) is 4.00. The highest BCUT2D eigenvalue weighted by Crippen LogP contribution is 2.14. The highest BCUT2D eigenvalue weighted by Gasteiger charge is 2.06. The normalized spacial score (nSPS) is 15.1. The maximum Gasteiger partial charge on any atom is 0.302 e. The van der Waals surface area contributed by atoms with E-state index in [9.17, 15) is 4.79 Å². The molecule has 0 saturated carbocycles. The van der Waals surface area contributed by atoms with Crippen LogP contribution in [0.2, 0.25) is 0 Å². The summed E-state index contributed by atoms with van der Waals surface area (Å²) in [6.07, 6.45) is 3.63. The van der Waals surface area contributed by atoms with Gasteiger partial charge in [-0.15, -0.1) is 0 Å². The Balaban J connectivity index is 3.39. The first-order chi connectivity index (χ1) is 6.06. The second-order valence-corrected chi connectivity index (χ2v) is 4.00. The number of hydrogen-bond acceptors (Lipinski definition) is 2. The first-order valence-corrected chi connectivity index (χ1v) is 5.19. The lowest BCUT2D eigenvalue weighted by Crippen LogP contribution is -2.10. The smallest absolute Gasteiger partial charge is 0.302 e. The van der Waals surface area contributed by atoms with Gasteiger partial charge in [-0.1, -0.05) is 33.6 Å². The fraction of sp³-hybridized carbons (Fsp3) is 0.909. The average Bonchev–Trinajstić information content (AvgIpc) is 2.10. The van der Waals surface area contributed by atoms with Crippen molar-refractivity contribution in [1.29, 1.82) is 0 Å². The lowest BCUT2D eigenvalue weighted by Gasteiger charge is -2.13. The van der Waals surface area contributed by atoms with Gasteiger partial charge in [0, 0.05) is 6.92 Å². The molecule has 0 fully saturated rings. The lowest BCUT2D eigenvalue weighted by molar-refractivity contribution is -0.142. The zero-order valence-corrected chi connectivity index (χ0v) is 9.30. The van der Waals surface area contributed by atoms with Crippen LogP contribution < -0.4 is 0 Å². The zero-order valence-electron chi connectivity index (χ0n) is 9.30. The van der Waals surface area contributed by atoms with Crippen molar-refractivity contribution in [2.45, 2.75) is 47.0 Å². The molecule has 0 unspecified atom stereocenters. The molecule has 0 amide bonds. The van der Waals surface area contributed by atoms with Gasteiger partial charge in [-0.2, -0.15) is 0 Å². The van der Waals surface area contributed by atoms with Gasteiger partial charge in [-0.25, -0.2) is 0 Å². The van der Waals surface area contributed by atoms with Gasteiger partial charge in [0.05, 0.1) is 6.61 Å². The molecule has 0 aliphatic carbocycles. The lowest BCUT2D eigenvalue weighted by atomic mass is 9.97. The molecule has 2 nitrogen and oxygen atoms in total. The third kappa shape index (κ3) is 7.82. The Morgan fingerprint density at radius 1 is 1.23 bits per heavy atom. The third-order valence-electron chi connectivity index (χ3n) is 2.42. The average molecular weight is 186 g/mol. The molecule has 0 saturated heterocycles. The highest BCUT2D eigenvalue weighted by molar-refractivity contribution is 5.65. The summed E-state index contributed by atoms with van der Waals surface area (Å²) in [6.45, 7) is 8.64. The Morgan fingerprint density at radius 2 is 1.77 bits per heavy atom. The summed E-state index contributed by atoms with van der Waals surface area (Å²) in [6, 6.07) is 0. The summed E-state index contributed by atoms with van der Waals surface area (Å²) in [5.41, 5.74) is 0. The number of rotatable bonds is 6. The molecule has 0 aromatic rings. The SMILES string of the molecule is CC[C@H](C)CC[C@H](C)COC(C)=O. The standard InChI is InChI=1S/C11H22O2/c1-5-9(2)6-7-10(3)8-13-11(4)12/h9-10H,5-8H2,1-4H3/t9-,10-/m0/s1. The summed E-state index contributed by atoms with van der Waals surface area (Å²) in [5.74, 6) is 1.12. The first kappa shape index (κ1) is 12.5. The number of ether oxygens (including phenoxy) is 1. The van der Waals surface area contributed by atoms with Gasteiger partial charge in [0.2, 0.25) is 0 Å². The van der Waals surface area contributed by atoms with Crippen molar-refractivity contribution in [1.82, 2.24) is 0 Å². The Bertz CT molecular complexity index is 143. The summed E-state index contributed by atoms with van der Waals surface area (Å²) in [4.78, 5) is 10.5. The van der Waals surface area contributed by atoms with Crippen molar-refractivity contribution in [2.75, 3.05) is 6.61 Å². The third-order valence-corrected chi connectivity index (χ3v) is 2.42. The van der Waals surface area contributed by atoms with Crippen LogP contribution in [0.1, 0.15) is 47.0 Å². The molecular formula is C11H22O2. The molecule has 0 bridgehead atoms. The van der Waals surface area contributed by atoms with E-state index in [1.807, 2.05) is 0 Å². The van der Waals surface area contributed by atoms with Gasteiger partial charge in [0.15, 0.2) is 0 Å². The molecule has 0 radical (unpaired) electrons. The van der Waals surface area contributed by atoms with E-state index < -0.39 is 0 Å². The monoisotopic (exact) mass is 186 g/mol. The molecule has 0 spiro atoms. The van der Waals surface area contributed by atoms with Gasteiger partial charge in [-0.3, -0.25) is 4.79 Å². The quantitative estimate of drug-likeness (QED) is 0.596. The molecule has 0 N–H and O–H groups in total. The molecule has 2 atom stereocenters. The highest BCUT2D eigenvalue weighted by atomic mass is 16.5. The van der Waals surface area contributed by atoms with Gasteiger partial charge < -0.3 is 4.74 Å². The summed E-state index contributed by atoms with van der Waals surface area (Å²) in [7, 11) is 0. The Morgan fingerprint density at radius 3 is 2.23 bits per heavy atom. The molecule has 0 heterocycles. The van der Waals surface area contributed by atoms with Crippen LogP contribution in [0.3, 0.4) is 0 Å². The number of hydrogen-bond donors (Lipinski definition) is 0. The first-order valence-electron chi connectivity index (χ1n) is 5.19. The molecule has 0 rings (SSSR count). The van der Waals surface area contributed by atoms with E-state index in [0.29, 0.717) is 12.5 Å². The van der Waals surface area contributed by atoms with E-state index in [-0.39, 0.29) is 5.97 Å². The Kier molecular flexibility index (Phi) is 6.65. The van der Waals surface area contributed by atoms with Crippen LogP contribution in [0, 0.1) is 11.8 Å². The predicted molar refractivity (Wildman–Crippen MR) is 54.5 cm³/mol. The van der Waals surface area contributed by atoms with Crippen molar-refractivity contribution in [3.8, 4) is 0 Å². The number of esters is 1. The minimum atomic E-state index is -0.171. The summed E-state index contributed by atoms with van der Waals surface area (Å²) in [5, 5.41) is 0. The van der Waals surface area contributed by atoms with E-state index in [4.69, 9.17) is 4.74 Å². The van der Waals surface area contributed by atoms with Crippen molar-refractivity contribution < 1.29 is 9.53 Å². The second kappa shape index (κ2) is 6.93. The van der Waals surface area contributed by atoms with Gasteiger partial charge in [0.25, 0.3) is 0 Å². The number of carbonyl (C=O) groups is 1. The number of carbonyl (C=O) groups excluding carboxylic acids is 1. The predicted octanol–water partition coefficient (Wildman–Crippen LogP) is 3.01. The van der Waals surface area contributed by atoms with Crippen molar-refractivity contribution in [3.05, 3.63) is 0 Å². The molecule has 0 aromatic heterocycles. The van der Waals surface area contributed by atoms with Crippen LogP contribution in [-0.4, -0.2) is 12.6 Å². The van der Waals surface area contributed by atoms with Crippen LogP contribution in [-0.2, 0) is 9.53 Å². The molecule has 0 aliphatic rings. The van der Waals surface area contributed by atoms with E-state index in [2.05, 4.69) is 20.8 Å². The van der Waals surface area contributed by atoms with E-state index in [1.54, 1.807) is 0 Å². The Labute approximate surface area is 81.7 Å². The van der Waals surface area contributed by atoms with Crippen LogP contribution in [0.15, 0.2) is 0 Å². The van der Waals surface area contributed by atoms with Gasteiger partial charge in [0.1, 0.15) is 0 Å². The maximum atomic E-state index is 10.5. The minimum Gasteiger partial charge on any atom is -0.466 e. The summed E-state index contributed by atoms with van der Waals surface area (Å²) >= 11 is 0. The van der Waals surface area contributed by atoms with E-state index in [1.165, 1.54) is 19.8 Å². The van der Waals surface area contributed by atoms with E-state index in [0.717, 1.165) is 12.3 Å². The van der Waals surface area contributed by atoms with Crippen LogP contribution >= 0.6 is 0 Å². The Hall–Kier alpha value is -0.530. The molecule has 0 aliphatic heterocycles. The van der Waals surface area contributed by atoms with Crippen molar-refractivity contribution in [3.63, 3.8) is 0 Å². The molecule has 0 aromatic carbocycles. The summed E-state index contributed by atoms with van der Waals surface area (Å²) < 4.78 is 4.93. The molecule has 13 heavy (non-hydrogen) atoms. The maximum absolute atomic E-state index is 10.5. The van der Waals surface area contributed by atoms with Crippen LogP contribution in [0.5, 0.6) is 0 Å². The minimum absolute atomic E-state index is 0.171. The fourth-order valence-corrected chi connectivity index (χ4v) is 1.12. The van der Waals surface area contributed by atoms with Crippen molar-refractivity contribution in [2.24, 2.45) is 11.8 Å². The fourth-order valence-electron chi connectivity index (χ4n) is 1.12. The van der Waals surface area contributed by atoms with Crippen LogP contribution in [0.4, 0.5) is 0 Å². The van der Waals surface area contributed by atoms with Gasteiger partial charge in [-0.05, 0) is 18.3 Å². The largest absolute Gasteiger partial charge is 0.466 e. The topological polar surface area (TPSA) is 26.3 Å². The van der Waals surface area contributed by atoms with E-state index >= 15 is 0 Å². The molecule has 78 valence electrons. The van der Waals surface area contributed by atoms with Crippen LogP contribution in [0.25, 0.3) is 0 Å².